The highest BCUT2D eigenvalue weighted by Crippen LogP contribution is 2.04. The molecule has 1 aromatic carbocycles. The van der Waals surface area contributed by atoms with E-state index in [1.54, 1.807) is 24.3 Å². The fourth-order valence-corrected chi connectivity index (χ4v) is 2.08. The van der Waals surface area contributed by atoms with Crippen molar-refractivity contribution in [2.75, 3.05) is 5.75 Å². The number of nitrogens with two attached hydrogens (primary N) is 1. The Hall–Kier alpha value is -2.06. The van der Waals surface area contributed by atoms with Crippen LogP contribution >= 0.6 is 12.6 Å². The van der Waals surface area contributed by atoms with E-state index in [1.165, 1.54) is 6.92 Å². The molecule has 1 aromatic rings. The molecule has 8 heteroatoms. The van der Waals surface area contributed by atoms with Gasteiger partial charge in [0.15, 0.2) is 0 Å². The highest BCUT2D eigenvalue weighted by molar-refractivity contribution is 7.80. The lowest BCUT2D eigenvalue weighted by atomic mass is 10.1. The molecule has 2 amide bonds. The van der Waals surface area contributed by atoms with Gasteiger partial charge in [0.2, 0.25) is 11.8 Å². The van der Waals surface area contributed by atoms with Gasteiger partial charge < -0.3 is 21.5 Å². The van der Waals surface area contributed by atoms with Gasteiger partial charge in [-0.15, -0.1) is 0 Å². The number of aliphatic carboxylic acids is 1. The molecule has 0 unspecified atom stereocenters. The summed E-state index contributed by atoms with van der Waals surface area (Å²) in [4.78, 5) is 35.1. The molecule has 0 aliphatic heterocycles. The molecule has 0 heterocycles. The molecule has 0 saturated heterocycles. The number of hydrogen-bond donors (Lipinski definition) is 5. The third-order valence-electron chi connectivity index (χ3n) is 3.13. The van der Waals surface area contributed by atoms with Crippen LogP contribution in [0.1, 0.15) is 12.5 Å². The fraction of sp³-hybridized carbons (Fsp3) is 0.400. The first-order chi connectivity index (χ1) is 10.8. The molecular weight excluding hydrogens is 318 g/mol. The number of thiol groups is 1. The smallest absolute Gasteiger partial charge is 0.326 e. The summed E-state index contributed by atoms with van der Waals surface area (Å²) in [6, 6.07) is 6.12. The molecular formula is C15H21N3O4S. The highest BCUT2D eigenvalue weighted by Gasteiger charge is 2.26. The van der Waals surface area contributed by atoms with Crippen LogP contribution in [-0.4, -0.2) is 46.8 Å². The van der Waals surface area contributed by atoms with Gasteiger partial charge in [0.05, 0.1) is 6.04 Å². The summed E-state index contributed by atoms with van der Waals surface area (Å²) in [5, 5.41) is 14.1. The Bertz CT molecular complexity index is 551. The van der Waals surface area contributed by atoms with Gasteiger partial charge in [0, 0.05) is 12.2 Å². The van der Waals surface area contributed by atoms with Crippen LogP contribution in [0.25, 0.3) is 0 Å². The van der Waals surface area contributed by atoms with E-state index in [2.05, 4.69) is 23.3 Å². The van der Waals surface area contributed by atoms with Gasteiger partial charge >= 0.3 is 5.97 Å². The number of hydrogen-bond acceptors (Lipinski definition) is 5. The summed E-state index contributed by atoms with van der Waals surface area (Å²) in [6.07, 6.45) is 0.141. The van der Waals surface area contributed by atoms with Crippen molar-refractivity contribution in [1.82, 2.24) is 10.6 Å². The monoisotopic (exact) mass is 339 g/mol. The summed E-state index contributed by atoms with van der Waals surface area (Å²) < 4.78 is 0. The van der Waals surface area contributed by atoms with Crippen LogP contribution in [0.15, 0.2) is 30.3 Å². The van der Waals surface area contributed by atoms with Gasteiger partial charge in [-0.05, 0) is 12.5 Å². The van der Waals surface area contributed by atoms with Crippen molar-refractivity contribution < 1.29 is 19.5 Å². The number of nitrogens with one attached hydrogen (secondary N) is 2. The zero-order valence-corrected chi connectivity index (χ0v) is 13.6. The number of carboxylic acids is 1. The molecule has 0 aromatic heterocycles. The normalized spacial score (nSPS) is 14.4. The van der Waals surface area contributed by atoms with Gasteiger partial charge in [-0.1, -0.05) is 30.3 Å². The Morgan fingerprint density at radius 1 is 1.13 bits per heavy atom. The molecule has 5 N–H and O–H groups in total. The quantitative estimate of drug-likeness (QED) is 0.411. The summed E-state index contributed by atoms with van der Waals surface area (Å²) in [7, 11) is 0. The summed E-state index contributed by atoms with van der Waals surface area (Å²) in [5.41, 5.74) is 6.21. The molecule has 0 aliphatic carbocycles. The number of carboxylic acid groups (broad SMARTS) is 1. The first-order valence-electron chi connectivity index (χ1n) is 7.09. The third-order valence-corrected chi connectivity index (χ3v) is 3.49. The Kier molecular flexibility index (Phi) is 7.56. The van der Waals surface area contributed by atoms with Crippen molar-refractivity contribution >= 4 is 30.4 Å². The van der Waals surface area contributed by atoms with Crippen molar-refractivity contribution in [3.05, 3.63) is 35.9 Å². The minimum Gasteiger partial charge on any atom is -0.480 e. The summed E-state index contributed by atoms with van der Waals surface area (Å²) >= 11 is 4.01. The molecule has 3 atom stereocenters. The second kappa shape index (κ2) is 9.16. The van der Waals surface area contributed by atoms with E-state index in [0.29, 0.717) is 0 Å². The van der Waals surface area contributed by atoms with Crippen LogP contribution in [0.5, 0.6) is 0 Å². The van der Waals surface area contributed by atoms with Crippen LogP contribution < -0.4 is 16.4 Å². The minimum absolute atomic E-state index is 0.0297. The average Bonchev–Trinajstić information content (AvgIpc) is 2.52. The Morgan fingerprint density at radius 3 is 2.17 bits per heavy atom. The second-order valence-corrected chi connectivity index (χ2v) is 5.49. The van der Waals surface area contributed by atoms with E-state index in [-0.39, 0.29) is 12.2 Å². The van der Waals surface area contributed by atoms with E-state index in [4.69, 9.17) is 5.73 Å². The Morgan fingerprint density at radius 2 is 1.70 bits per heavy atom. The predicted molar refractivity (Wildman–Crippen MR) is 89.1 cm³/mol. The molecule has 1 rings (SSSR count). The molecule has 0 radical (unpaired) electrons. The van der Waals surface area contributed by atoms with E-state index in [9.17, 15) is 19.5 Å². The number of benzene rings is 1. The van der Waals surface area contributed by atoms with E-state index >= 15 is 0 Å². The maximum Gasteiger partial charge on any atom is 0.326 e. The minimum atomic E-state index is -1.15. The molecule has 0 aliphatic rings. The van der Waals surface area contributed by atoms with Crippen molar-refractivity contribution in [3.8, 4) is 0 Å². The molecule has 0 spiro atoms. The summed E-state index contributed by atoms with van der Waals surface area (Å²) in [5.74, 6) is -2.24. The lowest BCUT2D eigenvalue weighted by Crippen LogP contribution is -2.55. The topological polar surface area (TPSA) is 122 Å². The van der Waals surface area contributed by atoms with Crippen molar-refractivity contribution in [2.24, 2.45) is 5.73 Å². The lowest BCUT2D eigenvalue weighted by molar-refractivity contribution is -0.142. The second-order valence-electron chi connectivity index (χ2n) is 5.12. The van der Waals surface area contributed by atoms with Crippen molar-refractivity contribution in [2.45, 2.75) is 31.5 Å². The zero-order valence-electron chi connectivity index (χ0n) is 12.7. The van der Waals surface area contributed by atoms with Crippen molar-refractivity contribution in [3.63, 3.8) is 0 Å². The Labute approximate surface area is 140 Å². The standard InChI is InChI=1S/C15H21N3O4S/c1-9(16)13(19)18-12(8-23)14(20)17-11(15(21)22)7-10-5-3-2-4-6-10/h2-6,9,11-12,23H,7-8,16H2,1H3,(H,17,20)(H,18,19)(H,21,22)/t9-,11-,12-/m0/s1. The van der Waals surface area contributed by atoms with Gasteiger partial charge in [0.25, 0.3) is 0 Å². The van der Waals surface area contributed by atoms with E-state index in [1.807, 2.05) is 6.07 Å². The van der Waals surface area contributed by atoms with Gasteiger partial charge in [0.1, 0.15) is 12.1 Å². The van der Waals surface area contributed by atoms with Gasteiger partial charge in [-0.3, -0.25) is 9.59 Å². The molecule has 7 nitrogen and oxygen atoms in total. The molecule has 0 fully saturated rings. The maximum absolute atomic E-state index is 12.2. The van der Waals surface area contributed by atoms with Crippen LogP contribution in [0, 0.1) is 0 Å². The number of rotatable bonds is 8. The largest absolute Gasteiger partial charge is 0.480 e. The molecule has 126 valence electrons. The Balaban J connectivity index is 2.72. The van der Waals surface area contributed by atoms with Gasteiger partial charge in [-0.25, -0.2) is 4.79 Å². The van der Waals surface area contributed by atoms with Crippen LogP contribution in [0.4, 0.5) is 0 Å². The van der Waals surface area contributed by atoms with Crippen LogP contribution in [0.3, 0.4) is 0 Å². The first-order valence-corrected chi connectivity index (χ1v) is 7.72. The third kappa shape index (κ3) is 6.29. The average molecular weight is 339 g/mol. The number of carbonyl (C=O) groups excluding carboxylic acids is 2. The maximum atomic E-state index is 12.2. The number of amides is 2. The lowest BCUT2D eigenvalue weighted by Gasteiger charge is -2.21. The molecule has 0 saturated carbocycles. The predicted octanol–water partition coefficient (Wildman–Crippen LogP) is -0.440. The van der Waals surface area contributed by atoms with Crippen LogP contribution in [0.2, 0.25) is 0 Å². The summed E-state index contributed by atoms with van der Waals surface area (Å²) in [6.45, 7) is 1.48. The molecule has 0 bridgehead atoms. The van der Waals surface area contributed by atoms with E-state index in [0.717, 1.165) is 5.56 Å². The SMILES string of the molecule is C[C@H](N)C(=O)N[C@@H](CS)C(=O)N[C@@H](Cc1ccccc1)C(=O)O. The fourth-order valence-electron chi connectivity index (χ4n) is 1.82. The first kappa shape index (κ1) is 19.0. The number of carbonyl (C=O) groups is 3. The molecule has 23 heavy (non-hydrogen) atoms. The van der Waals surface area contributed by atoms with Gasteiger partial charge in [-0.2, -0.15) is 12.6 Å². The van der Waals surface area contributed by atoms with E-state index < -0.39 is 35.9 Å². The van der Waals surface area contributed by atoms with Crippen molar-refractivity contribution in [1.29, 1.82) is 0 Å². The van der Waals surface area contributed by atoms with Crippen LogP contribution in [-0.2, 0) is 20.8 Å². The zero-order chi connectivity index (χ0) is 17.4. The highest BCUT2D eigenvalue weighted by atomic mass is 32.1.